The van der Waals surface area contributed by atoms with Crippen molar-refractivity contribution in [1.82, 2.24) is 9.97 Å². The van der Waals surface area contributed by atoms with E-state index in [1.807, 2.05) is 52.0 Å². The molecule has 0 spiro atoms. The zero-order valence-electron chi connectivity index (χ0n) is 11.7. The standard InChI is InChI=1S/C15H18N2O2/c1-9(2)19-15(18)13-11(4)16-14(17-13)12-8-6-5-7-10(12)3/h5-9H,1-4H3,(H,16,17). The molecule has 100 valence electrons. The Morgan fingerprint density at radius 2 is 1.95 bits per heavy atom. The lowest BCUT2D eigenvalue weighted by molar-refractivity contribution is 0.0370. The van der Waals surface area contributed by atoms with E-state index >= 15 is 0 Å². The average molecular weight is 258 g/mol. The van der Waals surface area contributed by atoms with E-state index in [0.29, 0.717) is 11.5 Å². The van der Waals surface area contributed by atoms with E-state index in [9.17, 15) is 4.79 Å². The van der Waals surface area contributed by atoms with Gasteiger partial charge in [-0.05, 0) is 33.3 Å². The van der Waals surface area contributed by atoms with E-state index < -0.39 is 0 Å². The van der Waals surface area contributed by atoms with Gasteiger partial charge in [-0.1, -0.05) is 24.3 Å². The highest BCUT2D eigenvalue weighted by Gasteiger charge is 2.18. The quantitative estimate of drug-likeness (QED) is 0.860. The number of nitrogens with one attached hydrogen (secondary N) is 1. The predicted molar refractivity (Wildman–Crippen MR) is 74.0 cm³/mol. The number of carbonyl (C=O) groups excluding carboxylic acids is 1. The summed E-state index contributed by atoms with van der Waals surface area (Å²) in [6.07, 6.45) is -0.148. The van der Waals surface area contributed by atoms with Gasteiger partial charge >= 0.3 is 5.97 Å². The van der Waals surface area contributed by atoms with Gasteiger partial charge in [-0.15, -0.1) is 0 Å². The summed E-state index contributed by atoms with van der Waals surface area (Å²) in [4.78, 5) is 19.4. The van der Waals surface area contributed by atoms with Gasteiger partial charge in [0, 0.05) is 11.3 Å². The molecule has 0 bridgehead atoms. The van der Waals surface area contributed by atoms with Crippen LogP contribution in [-0.4, -0.2) is 22.0 Å². The Kier molecular flexibility index (Phi) is 3.69. The van der Waals surface area contributed by atoms with Gasteiger partial charge in [0.15, 0.2) is 5.69 Å². The first-order chi connectivity index (χ1) is 8.99. The van der Waals surface area contributed by atoms with E-state index in [2.05, 4.69) is 9.97 Å². The smallest absolute Gasteiger partial charge is 0.359 e. The van der Waals surface area contributed by atoms with Crippen LogP contribution in [0, 0.1) is 13.8 Å². The third-order valence-electron chi connectivity index (χ3n) is 2.82. The van der Waals surface area contributed by atoms with Crippen LogP contribution in [0.15, 0.2) is 24.3 Å². The molecule has 0 saturated heterocycles. The lowest BCUT2D eigenvalue weighted by Crippen LogP contribution is -2.13. The fourth-order valence-corrected chi connectivity index (χ4v) is 1.90. The van der Waals surface area contributed by atoms with Gasteiger partial charge in [-0.25, -0.2) is 9.78 Å². The van der Waals surface area contributed by atoms with Crippen molar-refractivity contribution < 1.29 is 9.53 Å². The Balaban J connectivity index is 2.37. The van der Waals surface area contributed by atoms with Gasteiger partial charge in [0.05, 0.1) is 6.10 Å². The molecule has 0 atom stereocenters. The molecule has 0 fully saturated rings. The molecule has 1 aromatic heterocycles. The van der Waals surface area contributed by atoms with Crippen molar-refractivity contribution in [3.05, 3.63) is 41.2 Å². The molecular weight excluding hydrogens is 240 g/mol. The minimum atomic E-state index is -0.386. The van der Waals surface area contributed by atoms with Crippen molar-refractivity contribution in [2.24, 2.45) is 0 Å². The normalized spacial score (nSPS) is 10.8. The number of aryl methyl sites for hydroxylation is 2. The zero-order valence-corrected chi connectivity index (χ0v) is 11.7. The second-order valence-electron chi connectivity index (χ2n) is 4.83. The van der Waals surface area contributed by atoms with Crippen molar-refractivity contribution in [1.29, 1.82) is 0 Å². The highest BCUT2D eigenvalue weighted by Crippen LogP contribution is 2.22. The summed E-state index contributed by atoms with van der Waals surface area (Å²) in [7, 11) is 0. The topological polar surface area (TPSA) is 55.0 Å². The third kappa shape index (κ3) is 2.84. The van der Waals surface area contributed by atoms with E-state index in [1.54, 1.807) is 0 Å². The molecule has 2 aromatic rings. The van der Waals surface area contributed by atoms with Crippen LogP contribution in [0.2, 0.25) is 0 Å². The Morgan fingerprint density at radius 3 is 2.58 bits per heavy atom. The number of hydrogen-bond acceptors (Lipinski definition) is 3. The van der Waals surface area contributed by atoms with E-state index in [4.69, 9.17) is 4.74 Å². The second-order valence-corrected chi connectivity index (χ2v) is 4.83. The highest BCUT2D eigenvalue weighted by atomic mass is 16.5. The number of imidazole rings is 1. The number of carbonyl (C=O) groups is 1. The van der Waals surface area contributed by atoms with Gasteiger partial charge in [0.1, 0.15) is 5.82 Å². The second kappa shape index (κ2) is 5.26. The molecule has 4 heteroatoms. The molecule has 0 saturated carbocycles. The first kappa shape index (κ1) is 13.3. The van der Waals surface area contributed by atoms with Crippen molar-refractivity contribution in [3.8, 4) is 11.4 Å². The lowest BCUT2D eigenvalue weighted by Gasteiger charge is -2.05. The van der Waals surface area contributed by atoms with Crippen LogP contribution >= 0.6 is 0 Å². The van der Waals surface area contributed by atoms with Gasteiger partial charge in [0.25, 0.3) is 0 Å². The van der Waals surface area contributed by atoms with Crippen molar-refractivity contribution in [2.45, 2.75) is 33.8 Å². The molecule has 0 aliphatic carbocycles. The number of aromatic nitrogens is 2. The highest BCUT2D eigenvalue weighted by molar-refractivity contribution is 5.89. The molecule has 0 aliphatic rings. The number of benzene rings is 1. The van der Waals surface area contributed by atoms with Crippen molar-refractivity contribution in [2.75, 3.05) is 0 Å². The molecule has 2 rings (SSSR count). The molecule has 1 heterocycles. The van der Waals surface area contributed by atoms with Gasteiger partial charge in [0.2, 0.25) is 0 Å². The number of rotatable bonds is 3. The Morgan fingerprint density at radius 1 is 1.26 bits per heavy atom. The van der Waals surface area contributed by atoms with E-state index in [1.165, 1.54) is 0 Å². The van der Waals surface area contributed by atoms with Gasteiger partial charge in [-0.3, -0.25) is 0 Å². The summed E-state index contributed by atoms with van der Waals surface area (Å²) in [6.45, 7) is 7.48. The number of hydrogen-bond donors (Lipinski definition) is 1. The van der Waals surface area contributed by atoms with Crippen LogP contribution in [0.5, 0.6) is 0 Å². The molecule has 1 N–H and O–H groups in total. The number of ether oxygens (including phenoxy) is 1. The molecule has 0 amide bonds. The monoisotopic (exact) mass is 258 g/mol. The lowest BCUT2D eigenvalue weighted by atomic mass is 10.1. The summed E-state index contributed by atoms with van der Waals surface area (Å²) in [5, 5.41) is 0. The van der Waals surface area contributed by atoms with Crippen LogP contribution in [0.25, 0.3) is 11.4 Å². The fraction of sp³-hybridized carbons (Fsp3) is 0.333. The SMILES string of the molecule is Cc1ccccc1-c1nc(C(=O)OC(C)C)c(C)[nH]1. The van der Waals surface area contributed by atoms with E-state index in [0.717, 1.165) is 16.8 Å². The zero-order chi connectivity index (χ0) is 14.0. The predicted octanol–water partition coefficient (Wildman–Crippen LogP) is 3.26. The number of esters is 1. The first-order valence-corrected chi connectivity index (χ1v) is 6.32. The molecule has 19 heavy (non-hydrogen) atoms. The summed E-state index contributed by atoms with van der Waals surface area (Å²) >= 11 is 0. The third-order valence-corrected chi connectivity index (χ3v) is 2.82. The summed E-state index contributed by atoms with van der Waals surface area (Å²) in [5.74, 6) is 0.315. The molecule has 0 unspecified atom stereocenters. The minimum Gasteiger partial charge on any atom is -0.458 e. The largest absolute Gasteiger partial charge is 0.458 e. The molecular formula is C15H18N2O2. The summed E-state index contributed by atoms with van der Waals surface area (Å²) < 4.78 is 5.18. The fourth-order valence-electron chi connectivity index (χ4n) is 1.90. The van der Waals surface area contributed by atoms with Crippen LogP contribution < -0.4 is 0 Å². The van der Waals surface area contributed by atoms with E-state index in [-0.39, 0.29) is 12.1 Å². The Bertz CT molecular complexity index is 600. The maximum absolute atomic E-state index is 11.9. The first-order valence-electron chi connectivity index (χ1n) is 6.32. The van der Waals surface area contributed by atoms with Crippen LogP contribution in [0.3, 0.4) is 0 Å². The van der Waals surface area contributed by atoms with Crippen LogP contribution in [0.4, 0.5) is 0 Å². The Labute approximate surface area is 112 Å². The molecule has 0 aliphatic heterocycles. The Hall–Kier alpha value is -2.10. The maximum atomic E-state index is 11.9. The van der Waals surface area contributed by atoms with Gasteiger partial charge < -0.3 is 9.72 Å². The molecule has 4 nitrogen and oxygen atoms in total. The van der Waals surface area contributed by atoms with Crippen molar-refractivity contribution >= 4 is 5.97 Å². The average Bonchev–Trinajstić information content (AvgIpc) is 2.71. The molecule has 1 aromatic carbocycles. The summed E-state index contributed by atoms with van der Waals surface area (Å²) in [6, 6.07) is 7.92. The van der Waals surface area contributed by atoms with Crippen LogP contribution in [-0.2, 0) is 4.74 Å². The van der Waals surface area contributed by atoms with Gasteiger partial charge in [-0.2, -0.15) is 0 Å². The van der Waals surface area contributed by atoms with Crippen LogP contribution in [0.1, 0.15) is 35.6 Å². The minimum absolute atomic E-state index is 0.148. The number of H-pyrrole nitrogens is 1. The molecule has 0 radical (unpaired) electrons. The number of aromatic amines is 1. The number of nitrogens with zero attached hydrogens (tertiary/aromatic N) is 1. The summed E-state index contributed by atoms with van der Waals surface area (Å²) in [5.41, 5.74) is 3.19. The van der Waals surface area contributed by atoms with Crippen molar-refractivity contribution in [3.63, 3.8) is 0 Å². The maximum Gasteiger partial charge on any atom is 0.359 e.